The molecule has 0 saturated heterocycles. The second-order valence-corrected chi connectivity index (χ2v) is 4.95. The molecule has 7 heteroatoms. The number of aryl methyl sites for hydroxylation is 1. The van der Waals surface area contributed by atoms with Gasteiger partial charge in [0.1, 0.15) is 6.33 Å². The molecule has 0 atom stereocenters. The smallest absolute Gasteiger partial charge is 0.185 e. The van der Waals surface area contributed by atoms with Crippen molar-refractivity contribution in [1.29, 1.82) is 0 Å². The van der Waals surface area contributed by atoms with Gasteiger partial charge < -0.3 is 0 Å². The van der Waals surface area contributed by atoms with Gasteiger partial charge in [-0.2, -0.15) is 5.10 Å². The van der Waals surface area contributed by atoms with E-state index in [1.54, 1.807) is 21.7 Å². The summed E-state index contributed by atoms with van der Waals surface area (Å²) in [6, 6.07) is 5.53. The highest BCUT2D eigenvalue weighted by Gasteiger charge is 2.11. The summed E-state index contributed by atoms with van der Waals surface area (Å²) < 4.78 is 3.37. The number of halogens is 1. The van der Waals surface area contributed by atoms with Crippen molar-refractivity contribution < 1.29 is 0 Å². The van der Waals surface area contributed by atoms with Crippen LogP contribution < -0.4 is 0 Å². The van der Waals surface area contributed by atoms with Crippen LogP contribution in [0.2, 0.25) is 5.02 Å². The van der Waals surface area contributed by atoms with Gasteiger partial charge in [0.15, 0.2) is 11.5 Å². The van der Waals surface area contributed by atoms with E-state index in [0.29, 0.717) is 10.8 Å². The summed E-state index contributed by atoms with van der Waals surface area (Å²) in [5.74, 6) is 0.618. The molecule has 0 fully saturated rings. The van der Waals surface area contributed by atoms with E-state index in [0.717, 1.165) is 22.1 Å². The Morgan fingerprint density at radius 1 is 1.25 bits per heavy atom. The van der Waals surface area contributed by atoms with Crippen LogP contribution in [0.5, 0.6) is 0 Å². The van der Waals surface area contributed by atoms with E-state index in [2.05, 4.69) is 20.2 Å². The zero-order valence-electron chi connectivity index (χ0n) is 10.5. The van der Waals surface area contributed by atoms with E-state index in [9.17, 15) is 0 Å². The molecule has 4 rings (SSSR count). The van der Waals surface area contributed by atoms with Gasteiger partial charge in [-0.25, -0.2) is 14.5 Å². The molecule has 0 aliphatic carbocycles. The van der Waals surface area contributed by atoms with E-state index in [1.165, 1.54) is 0 Å². The average molecular weight is 285 g/mol. The van der Waals surface area contributed by atoms with Crippen molar-refractivity contribution in [2.45, 2.75) is 0 Å². The first-order valence-corrected chi connectivity index (χ1v) is 6.38. The van der Waals surface area contributed by atoms with Gasteiger partial charge in [-0.3, -0.25) is 4.68 Å². The van der Waals surface area contributed by atoms with Crippen LogP contribution in [-0.2, 0) is 7.05 Å². The third kappa shape index (κ3) is 1.65. The van der Waals surface area contributed by atoms with Crippen molar-refractivity contribution in [3.63, 3.8) is 0 Å². The number of hydrogen-bond donors (Lipinski definition) is 0. The monoisotopic (exact) mass is 284 g/mol. The summed E-state index contributed by atoms with van der Waals surface area (Å²) in [5, 5.41) is 10.1. The van der Waals surface area contributed by atoms with Crippen molar-refractivity contribution in [3.8, 4) is 11.4 Å². The first kappa shape index (κ1) is 11.4. The van der Waals surface area contributed by atoms with Gasteiger partial charge in [-0.15, -0.1) is 5.10 Å². The molecule has 0 bridgehead atoms. The van der Waals surface area contributed by atoms with Gasteiger partial charge in [0.25, 0.3) is 0 Å². The van der Waals surface area contributed by atoms with E-state index < -0.39 is 0 Å². The van der Waals surface area contributed by atoms with Crippen molar-refractivity contribution in [2.75, 3.05) is 0 Å². The fourth-order valence-electron chi connectivity index (χ4n) is 2.16. The third-order valence-electron chi connectivity index (χ3n) is 3.10. The lowest BCUT2D eigenvalue weighted by Gasteiger charge is -1.98. The molecule has 0 radical (unpaired) electrons. The summed E-state index contributed by atoms with van der Waals surface area (Å²) >= 11 is 6.05. The number of benzene rings is 1. The van der Waals surface area contributed by atoms with E-state index >= 15 is 0 Å². The van der Waals surface area contributed by atoms with Gasteiger partial charge >= 0.3 is 0 Å². The number of hydrogen-bond acceptors (Lipinski definition) is 4. The molecule has 0 N–H and O–H groups in total. The van der Waals surface area contributed by atoms with Gasteiger partial charge in [-0.1, -0.05) is 11.6 Å². The summed E-state index contributed by atoms with van der Waals surface area (Å²) in [6.45, 7) is 0. The number of nitrogens with zero attached hydrogens (tertiary/aromatic N) is 6. The van der Waals surface area contributed by atoms with Crippen LogP contribution >= 0.6 is 11.6 Å². The minimum Gasteiger partial charge on any atom is -0.275 e. The number of rotatable bonds is 1. The second-order valence-electron chi connectivity index (χ2n) is 4.51. The predicted octanol–water partition coefficient (Wildman–Crippen LogP) is 2.33. The number of aromatic nitrogens is 6. The van der Waals surface area contributed by atoms with Crippen LogP contribution in [0.15, 0.2) is 36.9 Å². The van der Waals surface area contributed by atoms with Crippen molar-refractivity contribution in [1.82, 2.24) is 29.4 Å². The molecule has 0 aliphatic rings. The first-order valence-electron chi connectivity index (χ1n) is 6.00. The third-order valence-corrected chi connectivity index (χ3v) is 3.34. The largest absolute Gasteiger partial charge is 0.275 e. The van der Waals surface area contributed by atoms with Gasteiger partial charge in [0.2, 0.25) is 0 Å². The molecular weight excluding hydrogens is 276 g/mol. The lowest BCUT2D eigenvalue weighted by atomic mass is 10.2. The normalized spacial score (nSPS) is 11.5. The van der Waals surface area contributed by atoms with E-state index in [-0.39, 0.29) is 0 Å². The molecule has 6 nitrogen and oxygen atoms in total. The molecule has 20 heavy (non-hydrogen) atoms. The van der Waals surface area contributed by atoms with Crippen LogP contribution in [0.4, 0.5) is 0 Å². The summed E-state index contributed by atoms with van der Waals surface area (Å²) in [4.78, 5) is 8.91. The van der Waals surface area contributed by atoms with E-state index in [4.69, 9.17) is 11.6 Å². The summed E-state index contributed by atoms with van der Waals surface area (Å²) in [7, 11) is 1.86. The molecule has 0 unspecified atom stereocenters. The molecule has 3 aromatic heterocycles. The van der Waals surface area contributed by atoms with Gasteiger partial charge in [-0.05, 0) is 18.2 Å². The standard InChI is InChI=1S/C13H9ClN6/c1-19-6-8(5-16-19)12-17-13-10-4-9(14)2-3-11(10)15-7-20(13)18-12/h2-7H,1H3. The quantitative estimate of drug-likeness (QED) is 0.538. The van der Waals surface area contributed by atoms with Gasteiger partial charge in [0.05, 0.1) is 17.3 Å². The van der Waals surface area contributed by atoms with Crippen molar-refractivity contribution in [2.24, 2.45) is 7.05 Å². The Bertz CT molecular complexity index is 938. The molecule has 4 aromatic rings. The zero-order valence-corrected chi connectivity index (χ0v) is 11.3. The maximum absolute atomic E-state index is 6.05. The first-order chi connectivity index (χ1) is 9.70. The molecule has 1 aromatic carbocycles. The topological polar surface area (TPSA) is 60.9 Å². The minimum absolute atomic E-state index is 0.618. The molecule has 0 aliphatic heterocycles. The summed E-state index contributed by atoms with van der Waals surface area (Å²) in [5.41, 5.74) is 2.44. The highest BCUT2D eigenvalue weighted by Crippen LogP contribution is 2.23. The summed E-state index contributed by atoms with van der Waals surface area (Å²) in [6.07, 6.45) is 5.26. The Hall–Kier alpha value is -2.47. The Morgan fingerprint density at radius 3 is 2.95 bits per heavy atom. The lowest BCUT2D eigenvalue weighted by Crippen LogP contribution is -1.91. The Kier molecular flexibility index (Phi) is 2.28. The zero-order chi connectivity index (χ0) is 13.7. The van der Waals surface area contributed by atoms with E-state index in [1.807, 2.05) is 31.4 Å². The fourth-order valence-corrected chi connectivity index (χ4v) is 2.34. The Labute approximate surface area is 118 Å². The molecular formula is C13H9ClN6. The molecule has 0 amide bonds. The van der Waals surface area contributed by atoms with Crippen LogP contribution in [-0.4, -0.2) is 29.4 Å². The Morgan fingerprint density at radius 2 is 2.15 bits per heavy atom. The minimum atomic E-state index is 0.618. The van der Waals surface area contributed by atoms with Crippen LogP contribution in [0, 0.1) is 0 Å². The lowest BCUT2D eigenvalue weighted by molar-refractivity contribution is 0.768. The van der Waals surface area contributed by atoms with Crippen LogP contribution in [0.3, 0.4) is 0 Å². The maximum Gasteiger partial charge on any atom is 0.185 e. The second kappa shape index (κ2) is 4.01. The average Bonchev–Trinajstić information content (AvgIpc) is 3.04. The maximum atomic E-state index is 6.05. The highest BCUT2D eigenvalue weighted by molar-refractivity contribution is 6.31. The van der Waals surface area contributed by atoms with Crippen molar-refractivity contribution in [3.05, 3.63) is 41.9 Å². The number of fused-ring (bicyclic) bond motifs is 3. The Balaban J connectivity index is 2.03. The molecule has 0 saturated carbocycles. The SMILES string of the molecule is Cn1cc(-c2nc3c4cc(Cl)ccc4ncn3n2)cn1. The molecule has 0 spiro atoms. The fraction of sp³-hybridized carbons (Fsp3) is 0.0769. The van der Waals surface area contributed by atoms with Crippen LogP contribution in [0.1, 0.15) is 0 Å². The molecule has 98 valence electrons. The van der Waals surface area contributed by atoms with Crippen LogP contribution in [0.25, 0.3) is 27.9 Å². The van der Waals surface area contributed by atoms with Gasteiger partial charge in [0, 0.05) is 23.7 Å². The highest BCUT2D eigenvalue weighted by atomic mass is 35.5. The molecule has 3 heterocycles. The predicted molar refractivity (Wildman–Crippen MR) is 75.5 cm³/mol. The van der Waals surface area contributed by atoms with Crippen molar-refractivity contribution >= 4 is 28.2 Å².